The van der Waals surface area contributed by atoms with Crippen LogP contribution in [0.1, 0.15) is 31.7 Å². The summed E-state index contributed by atoms with van der Waals surface area (Å²) in [4.78, 5) is 12.2. The molecule has 1 N–H and O–H groups in total. The van der Waals surface area contributed by atoms with E-state index in [-0.39, 0.29) is 11.9 Å². The Kier molecular flexibility index (Phi) is 6.70. The molecule has 116 valence electrons. The molecule has 0 unspecified atom stereocenters. The van der Waals surface area contributed by atoms with Gasteiger partial charge in [0.25, 0.3) is 5.91 Å². The highest BCUT2D eigenvalue weighted by Gasteiger charge is 2.24. The Morgan fingerprint density at radius 1 is 1.29 bits per heavy atom. The van der Waals surface area contributed by atoms with Gasteiger partial charge in [0, 0.05) is 6.04 Å². The normalized spacial score (nSPS) is 20.0. The predicted octanol–water partition coefficient (Wildman–Crippen LogP) is 2.32. The van der Waals surface area contributed by atoms with Crippen LogP contribution in [0.4, 0.5) is 0 Å². The second kappa shape index (κ2) is 8.80. The van der Waals surface area contributed by atoms with Gasteiger partial charge in [0.1, 0.15) is 0 Å². The second-order valence-electron chi connectivity index (χ2n) is 5.45. The molecule has 4 heteroatoms. The maximum Gasteiger partial charge on any atom is 0.251 e. The fourth-order valence-electron chi connectivity index (χ4n) is 2.56. The van der Waals surface area contributed by atoms with E-state index >= 15 is 0 Å². The van der Waals surface area contributed by atoms with Crippen molar-refractivity contribution in [3.63, 3.8) is 0 Å². The van der Waals surface area contributed by atoms with Gasteiger partial charge in [0.05, 0.1) is 19.8 Å². The molecular formula is C17H25NO3. The number of benzene rings is 1. The molecule has 21 heavy (non-hydrogen) atoms. The molecule has 2 atom stereocenters. The minimum Gasteiger partial charge on any atom is -0.376 e. The first-order valence-electron chi connectivity index (χ1n) is 7.83. The van der Waals surface area contributed by atoms with Gasteiger partial charge in [-0.25, -0.2) is 0 Å². The lowest BCUT2D eigenvalue weighted by Gasteiger charge is -2.25. The molecule has 2 rings (SSSR count). The van der Waals surface area contributed by atoms with Crippen LogP contribution in [-0.2, 0) is 20.7 Å². The summed E-state index contributed by atoms with van der Waals surface area (Å²) in [5.41, 5.74) is 1.31. The highest BCUT2D eigenvalue weighted by atomic mass is 16.6. The lowest BCUT2D eigenvalue weighted by atomic mass is 10.0. The summed E-state index contributed by atoms with van der Waals surface area (Å²) >= 11 is 0. The van der Waals surface area contributed by atoms with Gasteiger partial charge in [-0.3, -0.25) is 4.79 Å². The van der Waals surface area contributed by atoms with Crippen LogP contribution in [0.3, 0.4) is 0 Å². The Balaban J connectivity index is 1.81. The third-order valence-corrected chi connectivity index (χ3v) is 3.72. The summed E-state index contributed by atoms with van der Waals surface area (Å²) in [5, 5.41) is 3.11. The van der Waals surface area contributed by atoms with Crippen molar-refractivity contribution in [1.82, 2.24) is 5.32 Å². The molecule has 0 saturated carbocycles. The zero-order valence-corrected chi connectivity index (χ0v) is 12.7. The minimum atomic E-state index is -0.449. The number of amides is 1. The minimum absolute atomic E-state index is 0.0405. The molecule has 0 bridgehead atoms. The molecule has 1 aromatic rings. The molecule has 0 spiro atoms. The van der Waals surface area contributed by atoms with Crippen molar-refractivity contribution in [2.75, 3.05) is 19.8 Å². The van der Waals surface area contributed by atoms with Crippen LogP contribution in [0.2, 0.25) is 0 Å². The molecule has 4 nitrogen and oxygen atoms in total. The summed E-state index contributed by atoms with van der Waals surface area (Å²) in [6.45, 7) is 3.59. The zero-order valence-electron chi connectivity index (χ0n) is 12.7. The number of carbonyl (C=O) groups excluding carboxylic acids is 1. The largest absolute Gasteiger partial charge is 0.376 e. The van der Waals surface area contributed by atoms with Gasteiger partial charge >= 0.3 is 0 Å². The van der Waals surface area contributed by atoms with Gasteiger partial charge in [-0.15, -0.1) is 0 Å². The average molecular weight is 291 g/mol. The fourth-order valence-corrected chi connectivity index (χ4v) is 2.56. The molecular weight excluding hydrogens is 266 g/mol. The first kappa shape index (κ1) is 16.0. The summed E-state index contributed by atoms with van der Waals surface area (Å²) in [6.07, 6.45) is 3.54. The molecule has 1 saturated heterocycles. The molecule has 1 aromatic carbocycles. The standard InChI is InChI=1S/C17H25NO3/c1-2-6-15(10-9-14-7-4-3-5-8-14)18-17(19)16-13-20-11-12-21-16/h3-5,7-8,15-16H,2,6,9-13H2,1H3,(H,18,19)/t15-,16-/m1/s1. The number of hydrogen-bond donors (Lipinski definition) is 1. The van der Waals surface area contributed by atoms with Gasteiger partial charge in [0.2, 0.25) is 0 Å². The van der Waals surface area contributed by atoms with Crippen molar-refractivity contribution < 1.29 is 14.3 Å². The quantitative estimate of drug-likeness (QED) is 0.838. The Bertz CT molecular complexity index is 415. The predicted molar refractivity (Wildman–Crippen MR) is 82.2 cm³/mol. The number of nitrogens with one attached hydrogen (secondary N) is 1. The highest BCUT2D eigenvalue weighted by molar-refractivity contribution is 5.81. The van der Waals surface area contributed by atoms with Crippen molar-refractivity contribution >= 4 is 5.91 Å². The van der Waals surface area contributed by atoms with Crippen molar-refractivity contribution in [2.45, 2.75) is 44.8 Å². The lowest BCUT2D eigenvalue weighted by Crippen LogP contribution is -2.46. The number of rotatable bonds is 7. The zero-order chi connectivity index (χ0) is 14.9. The van der Waals surface area contributed by atoms with E-state index in [4.69, 9.17) is 9.47 Å². The van der Waals surface area contributed by atoms with Crippen LogP contribution >= 0.6 is 0 Å². The number of aryl methyl sites for hydroxylation is 1. The Labute approximate surface area is 126 Å². The van der Waals surface area contributed by atoms with E-state index in [1.165, 1.54) is 5.56 Å². The van der Waals surface area contributed by atoms with Crippen LogP contribution in [0.25, 0.3) is 0 Å². The lowest BCUT2D eigenvalue weighted by molar-refractivity contribution is -0.148. The first-order chi connectivity index (χ1) is 10.3. The van der Waals surface area contributed by atoms with E-state index in [1.807, 2.05) is 6.07 Å². The molecule has 0 radical (unpaired) electrons. The van der Waals surface area contributed by atoms with E-state index in [1.54, 1.807) is 0 Å². The molecule has 1 amide bonds. The van der Waals surface area contributed by atoms with Gasteiger partial charge in [-0.1, -0.05) is 43.7 Å². The van der Waals surface area contributed by atoms with Gasteiger partial charge in [0.15, 0.2) is 6.10 Å². The smallest absolute Gasteiger partial charge is 0.251 e. The molecule has 1 aliphatic heterocycles. The van der Waals surface area contributed by atoms with Crippen molar-refractivity contribution in [1.29, 1.82) is 0 Å². The monoisotopic (exact) mass is 291 g/mol. The average Bonchev–Trinajstić information content (AvgIpc) is 2.54. The first-order valence-corrected chi connectivity index (χ1v) is 7.83. The van der Waals surface area contributed by atoms with E-state index < -0.39 is 6.10 Å². The van der Waals surface area contributed by atoms with Gasteiger partial charge in [-0.2, -0.15) is 0 Å². The maximum absolute atomic E-state index is 12.2. The maximum atomic E-state index is 12.2. The SMILES string of the molecule is CCC[C@H](CCc1ccccc1)NC(=O)[C@H]1COCCO1. The van der Waals surface area contributed by atoms with Crippen LogP contribution in [0.5, 0.6) is 0 Å². The van der Waals surface area contributed by atoms with Crippen molar-refractivity contribution in [2.24, 2.45) is 0 Å². The highest BCUT2D eigenvalue weighted by Crippen LogP contribution is 2.10. The third-order valence-electron chi connectivity index (χ3n) is 3.72. The Hall–Kier alpha value is -1.39. The summed E-state index contributed by atoms with van der Waals surface area (Å²) in [5.74, 6) is -0.0405. The number of carbonyl (C=O) groups is 1. The van der Waals surface area contributed by atoms with Crippen molar-refractivity contribution in [3.05, 3.63) is 35.9 Å². The van der Waals surface area contributed by atoms with Gasteiger partial charge in [-0.05, 0) is 24.8 Å². The van der Waals surface area contributed by atoms with Crippen LogP contribution < -0.4 is 5.32 Å². The van der Waals surface area contributed by atoms with E-state index in [9.17, 15) is 4.79 Å². The van der Waals surface area contributed by atoms with E-state index in [0.717, 1.165) is 25.7 Å². The Morgan fingerprint density at radius 3 is 2.76 bits per heavy atom. The topological polar surface area (TPSA) is 47.6 Å². The molecule has 1 aliphatic rings. The molecule has 0 aromatic heterocycles. The van der Waals surface area contributed by atoms with E-state index in [0.29, 0.717) is 19.8 Å². The summed E-state index contributed by atoms with van der Waals surface area (Å²) < 4.78 is 10.7. The Morgan fingerprint density at radius 2 is 2.10 bits per heavy atom. The van der Waals surface area contributed by atoms with Crippen LogP contribution in [-0.4, -0.2) is 37.9 Å². The van der Waals surface area contributed by atoms with Gasteiger partial charge < -0.3 is 14.8 Å². The number of ether oxygens (including phenoxy) is 2. The third kappa shape index (κ3) is 5.48. The fraction of sp³-hybridized carbons (Fsp3) is 0.588. The molecule has 0 aliphatic carbocycles. The van der Waals surface area contributed by atoms with Crippen LogP contribution in [0.15, 0.2) is 30.3 Å². The number of hydrogen-bond acceptors (Lipinski definition) is 3. The molecule has 1 heterocycles. The molecule has 1 fully saturated rings. The van der Waals surface area contributed by atoms with Crippen LogP contribution in [0, 0.1) is 0 Å². The summed E-state index contributed by atoms with van der Waals surface area (Å²) in [7, 11) is 0. The van der Waals surface area contributed by atoms with E-state index in [2.05, 4.69) is 36.5 Å². The van der Waals surface area contributed by atoms with Crippen molar-refractivity contribution in [3.8, 4) is 0 Å². The summed E-state index contributed by atoms with van der Waals surface area (Å²) in [6, 6.07) is 10.6. The second-order valence-corrected chi connectivity index (χ2v) is 5.45.